The molecule has 1 aliphatic heterocycles. The number of likely N-dealkylation sites (tertiary alicyclic amines) is 1. The third-order valence-electron chi connectivity index (χ3n) is 2.59. The van der Waals surface area contributed by atoms with Crippen LogP contribution in [0.5, 0.6) is 0 Å². The second-order valence-corrected chi connectivity index (χ2v) is 3.90. The van der Waals surface area contributed by atoms with E-state index in [9.17, 15) is 9.59 Å². The predicted molar refractivity (Wildman–Crippen MR) is 60.1 cm³/mol. The Labute approximate surface area is 95.1 Å². The number of carboxylic acids is 1. The normalized spacial score (nSPS) is 17.9. The number of nitrogens with one attached hydrogen (secondary N) is 1. The zero-order chi connectivity index (χ0) is 12.0. The minimum Gasteiger partial charge on any atom is -0.478 e. The highest BCUT2D eigenvalue weighted by atomic mass is 16.4. The molecule has 1 rings (SSSR count). The van der Waals surface area contributed by atoms with Crippen molar-refractivity contribution in [3.05, 3.63) is 12.2 Å². The van der Waals surface area contributed by atoms with Crippen molar-refractivity contribution in [1.29, 1.82) is 0 Å². The van der Waals surface area contributed by atoms with Crippen molar-refractivity contribution in [2.24, 2.45) is 0 Å². The summed E-state index contributed by atoms with van der Waals surface area (Å²) in [6.07, 6.45) is 4.73. The Morgan fingerprint density at radius 2 is 2.06 bits per heavy atom. The van der Waals surface area contributed by atoms with Gasteiger partial charge < -0.3 is 15.3 Å². The molecule has 2 N–H and O–H groups in total. The molecule has 1 heterocycles. The van der Waals surface area contributed by atoms with Crippen LogP contribution in [0.15, 0.2) is 12.2 Å². The molecule has 1 atom stereocenters. The number of carbonyl (C=O) groups is 2. The van der Waals surface area contributed by atoms with Gasteiger partial charge in [-0.15, -0.1) is 0 Å². The Hall–Kier alpha value is -1.36. The Kier molecular flexibility index (Phi) is 4.98. The average molecular weight is 226 g/mol. The number of carboxylic acid groups (broad SMARTS) is 1. The first-order valence-corrected chi connectivity index (χ1v) is 5.53. The summed E-state index contributed by atoms with van der Waals surface area (Å²) in [4.78, 5) is 23.8. The van der Waals surface area contributed by atoms with Crippen molar-refractivity contribution in [1.82, 2.24) is 10.2 Å². The van der Waals surface area contributed by atoms with Crippen molar-refractivity contribution in [3.8, 4) is 0 Å². The Morgan fingerprint density at radius 1 is 1.44 bits per heavy atom. The number of hydrogen-bond donors (Lipinski definition) is 2. The van der Waals surface area contributed by atoms with Crippen LogP contribution in [-0.2, 0) is 9.59 Å². The summed E-state index contributed by atoms with van der Waals surface area (Å²) in [5.41, 5.74) is 0. The number of hydrogen-bond acceptors (Lipinski definition) is 3. The summed E-state index contributed by atoms with van der Waals surface area (Å²) >= 11 is 0. The number of amides is 1. The van der Waals surface area contributed by atoms with Crippen molar-refractivity contribution >= 4 is 11.9 Å². The van der Waals surface area contributed by atoms with Crippen LogP contribution in [0.4, 0.5) is 0 Å². The third-order valence-corrected chi connectivity index (χ3v) is 2.59. The summed E-state index contributed by atoms with van der Waals surface area (Å²) < 4.78 is 0. The fourth-order valence-electron chi connectivity index (χ4n) is 1.70. The lowest BCUT2D eigenvalue weighted by Gasteiger charge is -2.20. The van der Waals surface area contributed by atoms with Gasteiger partial charge in [0.2, 0.25) is 5.91 Å². The molecule has 5 heteroatoms. The van der Waals surface area contributed by atoms with Crippen molar-refractivity contribution < 1.29 is 14.7 Å². The molecule has 0 aromatic heterocycles. The largest absolute Gasteiger partial charge is 0.478 e. The van der Waals surface area contributed by atoms with E-state index in [1.54, 1.807) is 6.92 Å². The van der Waals surface area contributed by atoms with Crippen LogP contribution in [-0.4, -0.2) is 47.6 Å². The van der Waals surface area contributed by atoms with Crippen molar-refractivity contribution in [2.45, 2.75) is 25.8 Å². The molecular formula is C11H18N2O3. The standard InChI is InChI=1S/C11H18N2O3/c1-9(12-6-4-5-10(14)15)11(16)13-7-2-3-8-13/h4-5,9,12H,2-3,6-8H2,1H3,(H,14,15)/b5-4+. The maximum absolute atomic E-state index is 11.8. The van der Waals surface area contributed by atoms with Crippen LogP contribution >= 0.6 is 0 Å². The fourth-order valence-corrected chi connectivity index (χ4v) is 1.70. The fraction of sp³-hybridized carbons (Fsp3) is 0.636. The van der Waals surface area contributed by atoms with Gasteiger partial charge in [-0.05, 0) is 19.8 Å². The first-order chi connectivity index (χ1) is 7.61. The summed E-state index contributed by atoms with van der Waals surface area (Å²) in [6.45, 7) is 3.88. The van der Waals surface area contributed by atoms with Crippen LogP contribution in [0.1, 0.15) is 19.8 Å². The molecule has 16 heavy (non-hydrogen) atoms. The second-order valence-electron chi connectivity index (χ2n) is 3.90. The number of carbonyl (C=O) groups excluding carboxylic acids is 1. The smallest absolute Gasteiger partial charge is 0.328 e. The van der Waals surface area contributed by atoms with E-state index < -0.39 is 5.97 Å². The lowest BCUT2D eigenvalue weighted by Crippen LogP contribution is -2.43. The molecule has 0 bridgehead atoms. The molecule has 0 spiro atoms. The molecule has 5 nitrogen and oxygen atoms in total. The monoisotopic (exact) mass is 226 g/mol. The van der Waals surface area contributed by atoms with Crippen LogP contribution in [0, 0.1) is 0 Å². The van der Waals surface area contributed by atoms with E-state index in [0.717, 1.165) is 32.0 Å². The van der Waals surface area contributed by atoms with Gasteiger partial charge in [0.1, 0.15) is 0 Å². The van der Waals surface area contributed by atoms with Crippen LogP contribution < -0.4 is 5.32 Å². The van der Waals surface area contributed by atoms with Gasteiger partial charge in [-0.1, -0.05) is 6.08 Å². The van der Waals surface area contributed by atoms with E-state index in [0.29, 0.717) is 6.54 Å². The first-order valence-electron chi connectivity index (χ1n) is 5.53. The molecule has 90 valence electrons. The average Bonchev–Trinajstić information content (AvgIpc) is 2.76. The van der Waals surface area contributed by atoms with E-state index in [4.69, 9.17) is 5.11 Å². The topological polar surface area (TPSA) is 69.6 Å². The zero-order valence-corrected chi connectivity index (χ0v) is 9.48. The van der Waals surface area contributed by atoms with E-state index >= 15 is 0 Å². The molecule has 1 saturated heterocycles. The Bertz CT molecular complexity index is 283. The highest BCUT2D eigenvalue weighted by molar-refractivity contribution is 5.82. The molecule has 0 aliphatic carbocycles. The van der Waals surface area contributed by atoms with E-state index in [-0.39, 0.29) is 11.9 Å². The number of aliphatic carboxylic acids is 1. The molecule has 1 amide bonds. The maximum Gasteiger partial charge on any atom is 0.328 e. The molecule has 1 unspecified atom stereocenters. The van der Waals surface area contributed by atoms with E-state index in [1.165, 1.54) is 6.08 Å². The second kappa shape index (κ2) is 6.27. The quantitative estimate of drug-likeness (QED) is 0.658. The van der Waals surface area contributed by atoms with Gasteiger partial charge in [0.25, 0.3) is 0 Å². The van der Waals surface area contributed by atoms with Gasteiger partial charge in [0.05, 0.1) is 6.04 Å². The van der Waals surface area contributed by atoms with Gasteiger partial charge in [-0.2, -0.15) is 0 Å². The minimum atomic E-state index is -0.972. The van der Waals surface area contributed by atoms with Crippen molar-refractivity contribution in [3.63, 3.8) is 0 Å². The number of nitrogens with zero attached hydrogens (tertiary/aromatic N) is 1. The summed E-state index contributed by atoms with van der Waals surface area (Å²) in [5, 5.41) is 11.3. The molecule has 0 saturated carbocycles. The number of rotatable bonds is 5. The summed E-state index contributed by atoms with van der Waals surface area (Å²) in [7, 11) is 0. The molecule has 0 radical (unpaired) electrons. The third kappa shape index (κ3) is 4.02. The highest BCUT2D eigenvalue weighted by Gasteiger charge is 2.22. The van der Waals surface area contributed by atoms with E-state index in [2.05, 4.69) is 5.32 Å². The van der Waals surface area contributed by atoms with Crippen LogP contribution in [0.25, 0.3) is 0 Å². The van der Waals surface area contributed by atoms with Gasteiger partial charge >= 0.3 is 5.97 Å². The zero-order valence-electron chi connectivity index (χ0n) is 9.48. The molecule has 1 aliphatic rings. The Balaban J connectivity index is 2.25. The minimum absolute atomic E-state index is 0.0984. The molecule has 0 aromatic rings. The molecular weight excluding hydrogens is 208 g/mol. The maximum atomic E-state index is 11.8. The lowest BCUT2D eigenvalue weighted by molar-refractivity contribution is -0.132. The SMILES string of the molecule is CC(NC/C=C/C(=O)O)C(=O)N1CCCC1. The van der Waals surface area contributed by atoms with Gasteiger partial charge in [-0.3, -0.25) is 4.79 Å². The van der Waals surface area contributed by atoms with E-state index in [1.807, 2.05) is 4.90 Å². The van der Waals surface area contributed by atoms with Crippen LogP contribution in [0.2, 0.25) is 0 Å². The summed E-state index contributed by atoms with van der Waals surface area (Å²) in [5.74, 6) is -0.874. The van der Waals surface area contributed by atoms with Crippen LogP contribution in [0.3, 0.4) is 0 Å². The predicted octanol–water partition coefficient (Wildman–Crippen LogP) is 0.228. The first kappa shape index (κ1) is 12.7. The van der Waals surface area contributed by atoms with Gasteiger partial charge in [-0.25, -0.2) is 4.79 Å². The summed E-state index contributed by atoms with van der Waals surface area (Å²) in [6, 6.07) is -0.253. The van der Waals surface area contributed by atoms with Gasteiger partial charge in [0.15, 0.2) is 0 Å². The van der Waals surface area contributed by atoms with Gasteiger partial charge in [0, 0.05) is 25.7 Å². The lowest BCUT2D eigenvalue weighted by atomic mass is 10.3. The van der Waals surface area contributed by atoms with Crippen molar-refractivity contribution in [2.75, 3.05) is 19.6 Å². The highest BCUT2D eigenvalue weighted by Crippen LogP contribution is 2.08. The molecule has 0 aromatic carbocycles. The molecule has 1 fully saturated rings. The Morgan fingerprint density at radius 3 is 2.62 bits per heavy atom.